The van der Waals surface area contributed by atoms with Crippen molar-refractivity contribution in [2.75, 3.05) is 11.9 Å². The van der Waals surface area contributed by atoms with Crippen molar-refractivity contribution in [1.29, 1.82) is 0 Å². The van der Waals surface area contributed by atoms with Gasteiger partial charge in [0.05, 0.1) is 0 Å². The van der Waals surface area contributed by atoms with E-state index in [2.05, 4.69) is 37.4 Å². The molecule has 4 heteroatoms. The fourth-order valence-electron chi connectivity index (χ4n) is 2.07. The Bertz CT molecular complexity index is 621. The van der Waals surface area contributed by atoms with E-state index < -0.39 is 5.91 Å². The number of primary amides is 1. The fourth-order valence-corrected chi connectivity index (χ4v) is 2.07. The number of nitrogens with one attached hydrogen (secondary N) is 1. The molecule has 2 aromatic carbocycles. The summed E-state index contributed by atoms with van der Waals surface area (Å²) in [6.45, 7) is 4.82. The molecule has 0 bridgehead atoms. The smallest absolute Gasteiger partial charge is 0.255 e. The topological polar surface area (TPSA) is 64.3 Å². The van der Waals surface area contributed by atoms with Gasteiger partial charge in [-0.15, -0.1) is 0 Å². The van der Waals surface area contributed by atoms with Gasteiger partial charge < -0.3 is 15.8 Å². The van der Waals surface area contributed by atoms with Crippen molar-refractivity contribution in [2.24, 2.45) is 5.73 Å². The number of amides is 1. The zero-order chi connectivity index (χ0) is 15.2. The number of carbonyl (C=O) groups is 1. The van der Waals surface area contributed by atoms with Crippen molar-refractivity contribution >= 4 is 11.6 Å². The third-order valence-corrected chi connectivity index (χ3v) is 3.17. The Morgan fingerprint density at radius 1 is 1.14 bits per heavy atom. The first-order chi connectivity index (χ1) is 10.0. The molecule has 0 unspecified atom stereocenters. The van der Waals surface area contributed by atoms with Gasteiger partial charge in [0.15, 0.2) is 6.61 Å². The molecule has 21 heavy (non-hydrogen) atoms. The quantitative estimate of drug-likeness (QED) is 0.857. The molecule has 0 spiro atoms. The molecule has 2 rings (SSSR count). The second-order valence-electron chi connectivity index (χ2n) is 5.07. The highest BCUT2D eigenvalue weighted by molar-refractivity contribution is 5.75. The predicted molar refractivity (Wildman–Crippen MR) is 84.4 cm³/mol. The van der Waals surface area contributed by atoms with Crippen LogP contribution in [0.5, 0.6) is 5.75 Å². The van der Waals surface area contributed by atoms with Gasteiger partial charge >= 0.3 is 0 Å². The van der Waals surface area contributed by atoms with Gasteiger partial charge in [0.2, 0.25) is 0 Å². The van der Waals surface area contributed by atoms with E-state index in [4.69, 9.17) is 10.5 Å². The lowest BCUT2D eigenvalue weighted by Crippen LogP contribution is -2.19. The lowest BCUT2D eigenvalue weighted by molar-refractivity contribution is -0.119. The SMILES string of the molecule is Cc1ccc(NCc2ccc(OCC(N)=O)cc2)c(C)c1. The summed E-state index contributed by atoms with van der Waals surface area (Å²) in [5, 5.41) is 3.41. The number of hydrogen-bond acceptors (Lipinski definition) is 3. The molecule has 3 N–H and O–H groups in total. The maximum atomic E-state index is 10.6. The maximum Gasteiger partial charge on any atom is 0.255 e. The van der Waals surface area contributed by atoms with E-state index in [1.54, 1.807) is 0 Å². The summed E-state index contributed by atoms with van der Waals surface area (Å²) in [5.74, 6) is 0.166. The average Bonchev–Trinajstić information content (AvgIpc) is 2.45. The van der Waals surface area contributed by atoms with Crippen molar-refractivity contribution in [3.63, 3.8) is 0 Å². The number of benzene rings is 2. The molecule has 0 saturated heterocycles. The number of hydrogen-bond donors (Lipinski definition) is 2. The van der Waals surface area contributed by atoms with E-state index >= 15 is 0 Å². The van der Waals surface area contributed by atoms with Crippen LogP contribution in [0, 0.1) is 13.8 Å². The molecule has 0 aliphatic carbocycles. The standard InChI is InChI=1S/C17H20N2O2/c1-12-3-8-16(13(2)9-12)19-10-14-4-6-15(7-5-14)21-11-17(18)20/h3-9,19H,10-11H2,1-2H3,(H2,18,20). The minimum atomic E-state index is -0.476. The Balaban J connectivity index is 1.92. The highest BCUT2D eigenvalue weighted by Gasteiger charge is 2.00. The summed E-state index contributed by atoms with van der Waals surface area (Å²) >= 11 is 0. The zero-order valence-electron chi connectivity index (χ0n) is 12.3. The van der Waals surface area contributed by atoms with Crippen molar-refractivity contribution in [3.8, 4) is 5.75 Å². The number of rotatable bonds is 6. The second-order valence-corrected chi connectivity index (χ2v) is 5.07. The highest BCUT2D eigenvalue weighted by Crippen LogP contribution is 2.18. The van der Waals surface area contributed by atoms with Gasteiger partial charge in [-0.2, -0.15) is 0 Å². The van der Waals surface area contributed by atoms with Gasteiger partial charge in [0, 0.05) is 12.2 Å². The molecule has 0 aliphatic rings. The van der Waals surface area contributed by atoms with E-state index in [1.807, 2.05) is 24.3 Å². The molecular weight excluding hydrogens is 264 g/mol. The van der Waals surface area contributed by atoms with Crippen molar-refractivity contribution < 1.29 is 9.53 Å². The fraction of sp³-hybridized carbons (Fsp3) is 0.235. The number of nitrogens with two attached hydrogens (primary N) is 1. The molecule has 1 amide bonds. The van der Waals surface area contributed by atoms with Gasteiger partial charge in [-0.05, 0) is 43.2 Å². The van der Waals surface area contributed by atoms with Crippen LogP contribution in [-0.4, -0.2) is 12.5 Å². The Kier molecular flexibility index (Phi) is 4.82. The lowest BCUT2D eigenvalue weighted by atomic mass is 10.1. The first-order valence-corrected chi connectivity index (χ1v) is 6.86. The second kappa shape index (κ2) is 6.79. The van der Waals surface area contributed by atoms with Crippen LogP contribution in [0.4, 0.5) is 5.69 Å². The van der Waals surface area contributed by atoms with Crippen LogP contribution in [0.3, 0.4) is 0 Å². The van der Waals surface area contributed by atoms with Crippen LogP contribution in [-0.2, 0) is 11.3 Å². The molecule has 0 aliphatic heterocycles. The van der Waals surface area contributed by atoms with Crippen molar-refractivity contribution in [2.45, 2.75) is 20.4 Å². The first-order valence-electron chi connectivity index (χ1n) is 6.86. The predicted octanol–water partition coefficient (Wildman–Crippen LogP) is 2.78. The molecule has 0 saturated carbocycles. The average molecular weight is 284 g/mol. The Labute approximate surface area is 124 Å². The molecule has 0 heterocycles. The molecule has 4 nitrogen and oxygen atoms in total. The number of aryl methyl sites for hydroxylation is 2. The normalized spacial score (nSPS) is 10.2. The molecule has 2 aromatic rings. The highest BCUT2D eigenvalue weighted by atomic mass is 16.5. The maximum absolute atomic E-state index is 10.6. The van der Waals surface area contributed by atoms with E-state index in [9.17, 15) is 4.79 Å². The monoisotopic (exact) mass is 284 g/mol. The van der Waals surface area contributed by atoms with Crippen molar-refractivity contribution in [3.05, 3.63) is 59.2 Å². The number of ether oxygens (including phenoxy) is 1. The zero-order valence-corrected chi connectivity index (χ0v) is 12.3. The lowest BCUT2D eigenvalue weighted by Gasteiger charge is -2.11. The first kappa shape index (κ1) is 14.9. The third kappa shape index (κ3) is 4.53. The molecule has 0 fully saturated rings. The summed E-state index contributed by atoms with van der Waals surface area (Å²) in [7, 11) is 0. The Morgan fingerprint density at radius 2 is 1.86 bits per heavy atom. The van der Waals surface area contributed by atoms with Crippen LogP contribution in [0.25, 0.3) is 0 Å². The summed E-state index contributed by atoms with van der Waals surface area (Å²) in [5.41, 5.74) is 9.80. The van der Waals surface area contributed by atoms with Crippen LogP contribution in [0.2, 0.25) is 0 Å². The van der Waals surface area contributed by atoms with Gasteiger partial charge in [-0.3, -0.25) is 4.79 Å². The van der Waals surface area contributed by atoms with Gasteiger partial charge in [0.1, 0.15) is 5.75 Å². The molecule has 0 radical (unpaired) electrons. The van der Waals surface area contributed by atoms with Crippen LogP contribution < -0.4 is 15.8 Å². The Hall–Kier alpha value is -2.49. The van der Waals surface area contributed by atoms with E-state index in [1.165, 1.54) is 11.1 Å². The molecular formula is C17H20N2O2. The third-order valence-electron chi connectivity index (χ3n) is 3.17. The van der Waals surface area contributed by atoms with Crippen molar-refractivity contribution in [1.82, 2.24) is 0 Å². The minimum absolute atomic E-state index is 0.0971. The summed E-state index contributed by atoms with van der Waals surface area (Å²) in [6, 6.07) is 13.9. The van der Waals surface area contributed by atoms with Gasteiger partial charge in [-0.25, -0.2) is 0 Å². The summed E-state index contributed by atoms with van der Waals surface area (Å²) < 4.78 is 5.22. The van der Waals surface area contributed by atoms with Gasteiger partial charge in [-0.1, -0.05) is 29.8 Å². The van der Waals surface area contributed by atoms with Crippen LogP contribution >= 0.6 is 0 Å². The van der Waals surface area contributed by atoms with Gasteiger partial charge in [0.25, 0.3) is 5.91 Å². The van der Waals surface area contributed by atoms with E-state index in [0.717, 1.165) is 17.8 Å². The van der Waals surface area contributed by atoms with Crippen LogP contribution in [0.1, 0.15) is 16.7 Å². The summed E-state index contributed by atoms with van der Waals surface area (Å²) in [6.07, 6.45) is 0. The summed E-state index contributed by atoms with van der Waals surface area (Å²) in [4.78, 5) is 10.6. The number of anilines is 1. The largest absolute Gasteiger partial charge is 0.484 e. The number of carbonyl (C=O) groups excluding carboxylic acids is 1. The molecule has 0 aromatic heterocycles. The van der Waals surface area contributed by atoms with Crippen LogP contribution in [0.15, 0.2) is 42.5 Å². The minimum Gasteiger partial charge on any atom is -0.484 e. The molecule has 0 atom stereocenters. The Morgan fingerprint density at radius 3 is 2.48 bits per heavy atom. The van der Waals surface area contributed by atoms with E-state index in [-0.39, 0.29) is 6.61 Å². The van der Waals surface area contributed by atoms with E-state index in [0.29, 0.717) is 5.75 Å². The molecule has 110 valence electrons.